The standard InChI is InChI=1S/C17H25NO3/c1-3-21-15-8-6-14(7-9-15)16(20)18-17(12-19)10-4-5-13(2)11-17/h6-9,13,19H,3-5,10-12H2,1-2H3,(H,18,20). The molecule has 0 bridgehead atoms. The molecule has 0 radical (unpaired) electrons. The Kier molecular flexibility index (Phi) is 5.23. The van der Waals surface area contributed by atoms with Crippen LogP contribution in [0.1, 0.15) is 49.9 Å². The normalized spacial score (nSPS) is 25.4. The molecule has 21 heavy (non-hydrogen) atoms. The molecular formula is C17H25NO3. The van der Waals surface area contributed by atoms with Crippen molar-refractivity contribution < 1.29 is 14.6 Å². The number of carbonyl (C=O) groups is 1. The lowest BCUT2D eigenvalue weighted by molar-refractivity contribution is 0.0697. The fourth-order valence-corrected chi connectivity index (χ4v) is 3.14. The van der Waals surface area contributed by atoms with E-state index in [1.165, 1.54) is 6.42 Å². The summed E-state index contributed by atoms with van der Waals surface area (Å²) < 4.78 is 5.37. The lowest BCUT2D eigenvalue weighted by Crippen LogP contribution is -2.53. The van der Waals surface area contributed by atoms with Gasteiger partial charge in [0.05, 0.1) is 18.8 Å². The van der Waals surface area contributed by atoms with Crippen LogP contribution in [0.5, 0.6) is 5.75 Å². The summed E-state index contributed by atoms with van der Waals surface area (Å²) in [6, 6.07) is 7.12. The van der Waals surface area contributed by atoms with Gasteiger partial charge < -0.3 is 15.2 Å². The van der Waals surface area contributed by atoms with Gasteiger partial charge in [0.2, 0.25) is 0 Å². The van der Waals surface area contributed by atoms with Crippen molar-refractivity contribution in [2.75, 3.05) is 13.2 Å². The average Bonchev–Trinajstić information content (AvgIpc) is 2.48. The van der Waals surface area contributed by atoms with Gasteiger partial charge in [0.15, 0.2) is 0 Å². The SMILES string of the molecule is CCOc1ccc(C(=O)NC2(CO)CCCC(C)C2)cc1. The Morgan fingerprint density at radius 3 is 2.71 bits per heavy atom. The van der Waals surface area contributed by atoms with Crippen molar-refractivity contribution in [3.8, 4) is 5.75 Å². The Hall–Kier alpha value is -1.55. The summed E-state index contributed by atoms with van der Waals surface area (Å²) in [7, 11) is 0. The first-order chi connectivity index (χ1) is 10.1. The molecule has 0 saturated heterocycles. The van der Waals surface area contributed by atoms with Crippen LogP contribution >= 0.6 is 0 Å². The van der Waals surface area contributed by atoms with E-state index in [1.807, 2.05) is 6.92 Å². The number of aliphatic hydroxyl groups is 1. The number of hydrogen-bond acceptors (Lipinski definition) is 3. The molecule has 2 rings (SSSR count). The van der Waals surface area contributed by atoms with Gasteiger partial charge in [-0.05, 0) is 49.9 Å². The number of aliphatic hydroxyl groups excluding tert-OH is 1. The van der Waals surface area contributed by atoms with Crippen LogP contribution in [0.3, 0.4) is 0 Å². The maximum atomic E-state index is 12.4. The van der Waals surface area contributed by atoms with Gasteiger partial charge in [-0.2, -0.15) is 0 Å². The Morgan fingerprint density at radius 1 is 1.43 bits per heavy atom. The van der Waals surface area contributed by atoms with E-state index in [2.05, 4.69) is 12.2 Å². The molecule has 2 unspecified atom stereocenters. The highest BCUT2D eigenvalue weighted by atomic mass is 16.5. The molecule has 1 fully saturated rings. The molecule has 116 valence electrons. The van der Waals surface area contributed by atoms with Crippen LogP contribution in [0.2, 0.25) is 0 Å². The molecular weight excluding hydrogens is 266 g/mol. The lowest BCUT2D eigenvalue weighted by atomic mass is 9.76. The molecule has 0 aromatic heterocycles. The smallest absolute Gasteiger partial charge is 0.251 e. The number of benzene rings is 1. The highest BCUT2D eigenvalue weighted by Gasteiger charge is 2.35. The molecule has 0 heterocycles. The topological polar surface area (TPSA) is 58.6 Å². The van der Waals surface area contributed by atoms with Crippen LogP contribution < -0.4 is 10.1 Å². The van der Waals surface area contributed by atoms with Gasteiger partial charge in [-0.15, -0.1) is 0 Å². The van der Waals surface area contributed by atoms with E-state index in [1.54, 1.807) is 24.3 Å². The first-order valence-corrected chi connectivity index (χ1v) is 7.75. The molecule has 1 saturated carbocycles. The highest BCUT2D eigenvalue weighted by molar-refractivity contribution is 5.94. The third-order valence-electron chi connectivity index (χ3n) is 4.20. The number of nitrogens with one attached hydrogen (secondary N) is 1. The van der Waals surface area contributed by atoms with Crippen molar-refractivity contribution >= 4 is 5.91 Å². The lowest BCUT2D eigenvalue weighted by Gasteiger charge is -2.39. The van der Waals surface area contributed by atoms with E-state index < -0.39 is 5.54 Å². The number of carbonyl (C=O) groups excluding carboxylic acids is 1. The molecule has 4 heteroatoms. The predicted molar refractivity (Wildman–Crippen MR) is 82.5 cm³/mol. The first-order valence-electron chi connectivity index (χ1n) is 7.75. The summed E-state index contributed by atoms with van der Waals surface area (Å²) in [6.45, 7) is 4.71. The third-order valence-corrected chi connectivity index (χ3v) is 4.20. The van der Waals surface area contributed by atoms with Crippen molar-refractivity contribution in [2.24, 2.45) is 5.92 Å². The Labute approximate surface area is 126 Å². The molecule has 0 aliphatic heterocycles. The summed E-state index contributed by atoms with van der Waals surface area (Å²) in [5, 5.41) is 12.8. The molecule has 1 amide bonds. The second kappa shape index (κ2) is 6.94. The van der Waals surface area contributed by atoms with Crippen LogP contribution in [0.25, 0.3) is 0 Å². The molecule has 4 nitrogen and oxygen atoms in total. The minimum absolute atomic E-state index is 0.000109. The van der Waals surface area contributed by atoms with E-state index in [0.717, 1.165) is 25.0 Å². The van der Waals surface area contributed by atoms with Crippen LogP contribution in [0, 0.1) is 5.92 Å². The van der Waals surface area contributed by atoms with E-state index in [-0.39, 0.29) is 12.5 Å². The van der Waals surface area contributed by atoms with Gasteiger partial charge in [-0.3, -0.25) is 4.79 Å². The second-order valence-corrected chi connectivity index (χ2v) is 6.05. The maximum Gasteiger partial charge on any atom is 0.251 e. The highest BCUT2D eigenvalue weighted by Crippen LogP contribution is 2.32. The maximum absolute atomic E-state index is 12.4. The summed E-state index contributed by atoms with van der Waals surface area (Å²) in [5.41, 5.74) is 0.136. The fourth-order valence-electron chi connectivity index (χ4n) is 3.14. The molecule has 1 aromatic rings. The summed E-state index contributed by atoms with van der Waals surface area (Å²) in [4.78, 5) is 12.4. The van der Waals surface area contributed by atoms with Crippen molar-refractivity contribution in [1.29, 1.82) is 0 Å². The van der Waals surface area contributed by atoms with Gasteiger partial charge in [0.1, 0.15) is 5.75 Å². The average molecular weight is 291 g/mol. The van der Waals surface area contributed by atoms with E-state index in [4.69, 9.17) is 4.74 Å². The number of hydrogen-bond donors (Lipinski definition) is 2. The minimum Gasteiger partial charge on any atom is -0.494 e. The van der Waals surface area contributed by atoms with Gasteiger partial charge in [0.25, 0.3) is 5.91 Å². The zero-order valence-electron chi connectivity index (χ0n) is 12.9. The Balaban J connectivity index is 2.05. The van der Waals surface area contributed by atoms with Gasteiger partial charge in [0, 0.05) is 5.56 Å². The summed E-state index contributed by atoms with van der Waals surface area (Å²) >= 11 is 0. The van der Waals surface area contributed by atoms with Crippen LogP contribution in [-0.4, -0.2) is 29.8 Å². The molecule has 1 aromatic carbocycles. The van der Waals surface area contributed by atoms with Crippen molar-refractivity contribution in [1.82, 2.24) is 5.32 Å². The van der Waals surface area contributed by atoms with Crippen molar-refractivity contribution in [3.63, 3.8) is 0 Å². The van der Waals surface area contributed by atoms with Crippen molar-refractivity contribution in [3.05, 3.63) is 29.8 Å². The molecule has 1 aliphatic rings. The largest absolute Gasteiger partial charge is 0.494 e. The van der Waals surface area contributed by atoms with Gasteiger partial charge >= 0.3 is 0 Å². The quantitative estimate of drug-likeness (QED) is 0.877. The second-order valence-electron chi connectivity index (χ2n) is 6.05. The number of amides is 1. The third kappa shape index (κ3) is 3.97. The molecule has 2 atom stereocenters. The van der Waals surface area contributed by atoms with Crippen molar-refractivity contribution in [2.45, 2.75) is 45.1 Å². The Bertz CT molecular complexity index is 471. The first kappa shape index (κ1) is 15.8. The fraction of sp³-hybridized carbons (Fsp3) is 0.588. The summed E-state index contributed by atoms with van der Waals surface area (Å²) in [5.74, 6) is 1.17. The summed E-state index contributed by atoms with van der Waals surface area (Å²) in [6.07, 6.45) is 3.90. The molecule has 2 N–H and O–H groups in total. The molecule has 0 spiro atoms. The van der Waals surface area contributed by atoms with Gasteiger partial charge in [-0.25, -0.2) is 0 Å². The van der Waals surface area contributed by atoms with E-state index in [9.17, 15) is 9.90 Å². The monoisotopic (exact) mass is 291 g/mol. The molecule has 1 aliphatic carbocycles. The Morgan fingerprint density at radius 2 is 2.14 bits per heavy atom. The van der Waals surface area contributed by atoms with Gasteiger partial charge in [-0.1, -0.05) is 19.8 Å². The predicted octanol–water partition coefficient (Wildman–Crippen LogP) is 2.76. The van der Waals surface area contributed by atoms with Crippen LogP contribution in [-0.2, 0) is 0 Å². The van der Waals surface area contributed by atoms with E-state index >= 15 is 0 Å². The van der Waals surface area contributed by atoms with E-state index in [0.29, 0.717) is 18.1 Å². The number of rotatable bonds is 5. The zero-order chi connectivity index (χ0) is 15.3. The van der Waals surface area contributed by atoms with Crippen LogP contribution in [0.4, 0.5) is 0 Å². The zero-order valence-corrected chi connectivity index (χ0v) is 12.9. The minimum atomic E-state index is -0.465. The van der Waals surface area contributed by atoms with Crippen LogP contribution in [0.15, 0.2) is 24.3 Å². The number of ether oxygens (including phenoxy) is 1.